The Kier molecular flexibility index (Phi) is 33.9. The standard InChI is InChI=1S/C46H85NO10/c1-3-5-7-9-11-13-15-16-17-18-19-20-21-22-24-26-28-30-32-34-39(50)45(55)47-37(36-56-46-44(54)43(53)42(52)40(35-48)57-46)41(51)38(49)33-31-29-27-25-23-14-12-10-8-6-4-2/h10,12,19-20,25,27,37-44,46,48-54H,3-9,11,13-18,21-24,26,28-36H2,1-2H3,(H,47,55)/b12-10+,20-19-,27-25+. The number of allylic oxidation sites excluding steroid dienone is 6. The molecule has 1 aliphatic heterocycles. The van der Waals surface area contributed by atoms with Crippen LogP contribution in [0.5, 0.6) is 0 Å². The van der Waals surface area contributed by atoms with Crippen molar-refractivity contribution in [2.75, 3.05) is 13.2 Å². The summed E-state index contributed by atoms with van der Waals surface area (Å²) in [7, 11) is 0. The van der Waals surface area contributed by atoms with Crippen molar-refractivity contribution in [3.63, 3.8) is 0 Å². The van der Waals surface area contributed by atoms with E-state index in [4.69, 9.17) is 9.47 Å². The van der Waals surface area contributed by atoms with Gasteiger partial charge < -0.3 is 50.5 Å². The second-order valence-electron chi connectivity index (χ2n) is 16.1. The van der Waals surface area contributed by atoms with Crippen molar-refractivity contribution in [1.29, 1.82) is 0 Å². The predicted octanol–water partition coefficient (Wildman–Crippen LogP) is 7.22. The van der Waals surface area contributed by atoms with Gasteiger partial charge in [0.25, 0.3) is 0 Å². The fourth-order valence-electron chi connectivity index (χ4n) is 7.02. The van der Waals surface area contributed by atoms with Crippen molar-refractivity contribution in [3.05, 3.63) is 36.5 Å². The highest BCUT2D eigenvalue weighted by molar-refractivity contribution is 5.80. The third-order valence-electron chi connectivity index (χ3n) is 10.9. The minimum atomic E-state index is -1.67. The Morgan fingerprint density at radius 1 is 0.596 bits per heavy atom. The highest BCUT2D eigenvalue weighted by Crippen LogP contribution is 2.23. The molecule has 334 valence electrons. The Morgan fingerprint density at radius 3 is 1.61 bits per heavy atom. The van der Waals surface area contributed by atoms with Crippen LogP contribution in [0, 0.1) is 0 Å². The molecule has 11 nitrogen and oxygen atoms in total. The molecule has 1 heterocycles. The van der Waals surface area contributed by atoms with Gasteiger partial charge in [-0.05, 0) is 70.6 Å². The molecule has 1 saturated heterocycles. The smallest absolute Gasteiger partial charge is 0.249 e. The molecule has 11 heteroatoms. The van der Waals surface area contributed by atoms with Gasteiger partial charge in [-0.25, -0.2) is 0 Å². The van der Waals surface area contributed by atoms with Crippen LogP contribution in [0.15, 0.2) is 36.5 Å². The van der Waals surface area contributed by atoms with Crippen LogP contribution in [0.1, 0.15) is 181 Å². The number of carbonyl (C=O) groups excluding carboxylic acids is 1. The van der Waals surface area contributed by atoms with Crippen LogP contribution in [-0.2, 0) is 14.3 Å². The molecule has 8 N–H and O–H groups in total. The summed E-state index contributed by atoms with van der Waals surface area (Å²) in [5.74, 6) is -0.718. The van der Waals surface area contributed by atoms with E-state index in [1.165, 1.54) is 77.0 Å². The first-order valence-corrected chi connectivity index (χ1v) is 22.9. The van der Waals surface area contributed by atoms with E-state index in [0.29, 0.717) is 19.3 Å². The molecule has 9 atom stereocenters. The third-order valence-corrected chi connectivity index (χ3v) is 10.9. The molecule has 0 aromatic rings. The Balaban J connectivity index is 2.45. The lowest BCUT2D eigenvalue weighted by molar-refractivity contribution is -0.303. The molecule has 9 unspecified atom stereocenters. The second kappa shape index (κ2) is 36.2. The zero-order chi connectivity index (χ0) is 41.9. The number of nitrogens with one attached hydrogen (secondary N) is 1. The van der Waals surface area contributed by atoms with Crippen molar-refractivity contribution in [2.24, 2.45) is 0 Å². The summed E-state index contributed by atoms with van der Waals surface area (Å²) in [5, 5.41) is 75.4. The lowest BCUT2D eigenvalue weighted by Gasteiger charge is -2.40. The first-order valence-electron chi connectivity index (χ1n) is 22.9. The van der Waals surface area contributed by atoms with E-state index < -0.39 is 74.2 Å². The molecule has 1 rings (SSSR count). The molecule has 0 bridgehead atoms. The summed E-state index contributed by atoms with van der Waals surface area (Å²) in [4.78, 5) is 13.1. The van der Waals surface area contributed by atoms with Crippen molar-refractivity contribution in [2.45, 2.75) is 236 Å². The van der Waals surface area contributed by atoms with Crippen molar-refractivity contribution in [3.8, 4) is 0 Å². The van der Waals surface area contributed by atoms with Gasteiger partial charge in [0.1, 0.15) is 36.6 Å². The largest absolute Gasteiger partial charge is 0.394 e. The zero-order valence-corrected chi connectivity index (χ0v) is 35.8. The summed E-state index contributed by atoms with van der Waals surface area (Å²) in [6.07, 6.45) is 29.2. The van der Waals surface area contributed by atoms with Gasteiger partial charge in [0, 0.05) is 0 Å². The monoisotopic (exact) mass is 812 g/mol. The number of hydrogen-bond acceptors (Lipinski definition) is 10. The molecule has 1 fully saturated rings. The quantitative estimate of drug-likeness (QED) is 0.0235. The topological polar surface area (TPSA) is 189 Å². The van der Waals surface area contributed by atoms with Crippen LogP contribution >= 0.6 is 0 Å². The molecule has 1 aliphatic rings. The fraction of sp³-hybridized carbons (Fsp3) is 0.848. The summed E-state index contributed by atoms with van der Waals surface area (Å²) < 4.78 is 11.0. The average molecular weight is 812 g/mol. The van der Waals surface area contributed by atoms with Crippen molar-refractivity contribution < 1.29 is 50.0 Å². The maximum Gasteiger partial charge on any atom is 0.249 e. The maximum atomic E-state index is 13.1. The van der Waals surface area contributed by atoms with E-state index in [9.17, 15) is 40.5 Å². The number of unbranched alkanes of at least 4 members (excludes halogenated alkanes) is 19. The van der Waals surface area contributed by atoms with Gasteiger partial charge in [0.2, 0.25) is 5.91 Å². The van der Waals surface area contributed by atoms with Crippen LogP contribution in [-0.4, -0.2) is 110 Å². The number of rotatable bonds is 37. The second-order valence-corrected chi connectivity index (χ2v) is 16.1. The van der Waals surface area contributed by atoms with Gasteiger partial charge >= 0.3 is 0 Å². The molecule has 1 amide bonds. The Bertz CT molecular complexity index is 1020. The van der Waals surface area contributed by atoms with E-state index in [0.717, 1.165) is 57.8 Å². The minimum absolute atomic E-state index is 0.243. The summed E-state index contributed by atoms with van der Waals surface area (Å²) in [6, 6.07) is -1.19. The number of aliphatic hydroxyl groups excluding tert-OH is 7. The van der Waals surface area contributed by atoms with E-state index >= 15 is 0 Å². The predicted molar refractivity (Wildman–Crippen MR) is 228 cm³/mol. The number of amides is 1. The lowest BCUT2D eigenvalue weighted by atomic mass is 9.98. The number of hydrogen-bond donors (Lipinski definition) is 8. The molecule has 0 aliphatic carbocycles. The summed E-state index contributed by atoms with van der Waals surface area (Å²) in [5.41, 5.74) is 0. The zero-order valence-electron chi connectivity index (χ0n) is 35.8. The Morgan fingerprint density at radius 2 is 1.07 bits per heavy atom. The first-order chi connectivity index (χ1) is 27.7. The van der Waals surface area contributed by atoms with E-state index in [2.05, 4.69) is 55.6 Å². The van der Waals surface area contributed by atoms with Crippen LogP contribution in [0.3, 0.4) is 0 Å². The molecular formula is C46H85NO10. The van der Waals surface area contributed by atoms with Crippen LogP contribution in [0.2, 0.25) is 0 Å². The molecule has 0 aromatic carbocycles. The maximum absolute atomic E-state index is 13.1. The van der Waals surface area contributed by atoms with Crippen LogP contribution in [0.25, 0.3) is 0 Å². The van der Waals surface area contributed by atoms with Crippen molar-refractivity contribution in [1.82, 2.24) is 5.32 Å². The number of aliphatic hydroxyl groups is 7. The van der Waals surface area contributed by atoms with E-state index in [1.54, 1.807) is 0 Å². The van der Waals surface area contributed by atoms with Crippen LogP contribution < -0.4 is 5.32 Å². The highest BCUT2D eigenvalue weighted by atomic mass is 16.7. The van der Waals surface area contributed by atoms with Gasteiger partial charge in [-0.15, -0.1) is 0 Å². The lowest BCUT2D eigenvalue weighted by Crippen LogP contribution is -2.60. The Hall–Kier alpha value is -1.67. The molecule has 0 aromatic heterocycles. The number of carbonyl (C=O) groups is 1. The van der Waals surface area contributed by atoms with E-state index in [-0.39, 0.29) is 12.8 Å². The first kappa shape index (κ1) is 53.3. The summed E-state index contributed by atoms with van der Waals surface area (Å²) in [6.45, 7) is 3.35. The highest BCUT2D eigenvalue weighted by Gasteiger charge is 2.44. The van der Waals surface area contributed by atoms with Gasteiger partial charge in [0.05, 0.1) is 25.4 Å². The normalized spacial score (nSPS) is 22.4. The van der Waals surface area contributed by atoms with Gasteiger partial charge in [-0.2, -0.15) is 0 Å². The van der Waals surface area contributed by atoms with Gasteiger partial charge in [-0.3, -0.25) is 4.79 Å². The molecular weight excluding hydrogens is 727 g/mol. The molecule has 0 saturated carbocycles. The van der Waals surface area contributed by atoms with Gasteiger partial charge in [0.15, 0.2) is 6.29 Å². The van der Waals surface area contributed by atoms with Crippen LogP contribution in [0.4, 0.5) is 0 Å². The third kappa shape index (κ3) is 26.2. The van der Waals surface area contributed by atoms with Crippen molar-refractivity contribution >= 4 is 5.91 Å². The molecule has 0 radical (unpaired) electrons. The molecule has 57 heavy (non-hydrogen) atoms. The Labute approximate surface area is 346 Å². The number of ether oxygens (including phenoxy) is 2. The fourth-order valence-corrected chi connectivity index (χ4v) is 7.02. The van der Waals surface area contributed by atoms with Gasteiger partial charge in [-0.1, -0.05) is 147 Å². The SMILES string of the molecule is CCCC/C=C/CC/C=C/CCCC(O)C(O)C(COC1OC(CO)C(O)C(O)C1O)NC(=O)C(O)CCCCCCCC/C=C\CCCCCCCCCCC. The average Bonchev–Trinajstić information content (AvgIpc) is 3.21. The minimum Gasteiger partial charge on any atom is -0.394 e. The summed E-state index contributed by atoms with van der Waals surface area (Å²) >= 11 is 0. The molecule has 0 spiro atoms. The van der Waals surface area contributed by atoms with E-state index in [1.807, 2.05) is 0 Å².